The summed E-state index contributed by atoms with van der Waals surface area (Å²) in [5.74, 6) is -0.633. The minimum atomic E-state index is -0.780. The summed E-state index contributed by atoms with van der Waals surface area (Å²) in [6, 6.07) is 8.41. The highest BCUT2D eigenvalue weighted by Gasteiger charge is 2.29. The molecule has 2 heterocycles. The smallest absolute Gasteiger partial charge is 0.303 e. The number of amides is 1. The quantitative estimate of drug-likeness (QED) is 0.905. The maximum Gasteiger partial charge on any atom is 0.303 e. The number of benzene rings is 1. The Morgan fingerprint density at radius 1 is 1.13 bits per heavy atom. The lowest BCUT2D eigenvalue weighted by Gasteiger charge is -2.36. The molecule has 2 aliphatic rings. The molecule has 0 aliphatic carbocycles. The predicted octanol–water partition coefficient (Wildman–Crippen LogP) is 2.25. The van der Waals surface area contributed by atoms with Crippen LogP contribution in [0.25, 0.3) is 0 Å². The van der Waals surface area contributed by atoms with Crippen molar-refractivity contribution < 1.29 is 14.7 Å². The molecule has 0 spiro atoms. The van der Waals surface area contributed by atoms with Gasteiger partial charge in [-0.2, -0.15) is 0 Å². The summed E-state index contributed by atoms with van der Waals surface area (Å²) in [4.78, 5) is 27.6. The third kappa shape index (κ3) is 3.91. The standard InChI is InChI=1S/C18H24N2O3/c21-17(13-19-11-14-5-1-2-6-15(14)12-19)20-10-4-3-7-16(20)8-9-18(22)23/h1-2,5-6,16H,3-4,7-13H2,(H,22,23). The van der Waals surface area contributed by atoms with E-state index in [-0.39, 0.29) is 18.4 Å². The molecule has 0 bridgehead atoms. The lowest BCUT2D eigenvalue weighted by molar-refractivity contribution is -0.140. The van der Waals surface area contributed by atoms with E-state index in [0.717, 1.165) is 38.9 Å². The summed E-state index contributed by atoms with van der Waals surface area (Å²) in [6.07, 6.45) is 3.75. The van der Waals surface area contributed by atoms with Crippen LogP contribution in [0.1, 0.15) is 43.2 Å². The zero-order valence-electron chi connectivity index (χ0n) is 13.4. The van der Waals surface area contributed by atoms with Gasteiger partial charge in [0, 0.05) is 32.1 Å². The van der Waals surface area contributed by atoms with E-state index in [1.54, 1.807) is 0 Å². The van der Waals surface area contributed by atoms with E-state index in [4.69, 9.17) is 5.11 Å². The van der Waals surface area contributed by atoms with Crippen molar-refractivity contribution in [3.05, 3.63) is 35.4 Å². The Bertz CT molecular complexity index is 562. The van der Waals surface area contributed by atoms with Gasteiger partial charge in [-0.05, 0) is 36.8 Å². The predicted molar refractivity (Wildman–Crippen MR) is 86.8 cm³/mol. The van der Waals surface area contributed by atoms with Gasteiger partial charge in [0.05, 0.1) is 6.54 Å². The summed E-state index contributed by atoms with van der Waals surface area (Å²) in [5.41, 5.74) is 2.61. The maximum atomic E-state index is 12.7. The minimum absolute atomic E-state index is 0.0947. The molecule has 5 nitrogen and oxygen atoms in total. The second-order valence-electron chi connectivity index (χ2n) is 6.58. The minimum Gasteiger partial charge on any atom is -0.481 e. The van der Waals surface area contributed by atoms with Gasteiger partial charge in [0.15, 0.2) is 0 Å². The SMILES string of the molecule is O=C(O)CCC1CCCCN1C(=O)CN1Cc2ccccc2C1. The van der Waals surface area contributed by atoms with Gasteiger partial charge in [-0.15, -0.1) is 0 Å². The second-order valence-corrected chi connectivity index (χ2v) is 6.58. The van der Waals surface area contributed by atoms with Crippen LogP contribution < -0.4 is 0 Å². The fraction of sp³-hybridized carbons (Fsp3) is 0.556. The van der Waals surface area contributed by atoms with E-state index in [9.17, 15) is 9.59 Å². The van der Waals surface area contributed by atoms with Crippen molar-refractivity contribution in [3.63, 3.8) is 0 Å². The summed E-state index contributed by atoms with van der Waals surface area (Å²) >= 11 is 0. The highest BCUT2D eigenvalue weighted by atomic mass is 16.4. The van der Waals surface area contributed by atoms with Crippen LogP contribution >= 0.6 is 0 Å². The summed E-state index contributed by atoms with van der Waals surface area (Å²) < 4.78 is 0. The number of aliphatic carboxylic acids is 1. The van der Waals surface area contributed by atoms with Crippen molar-refractivity contribution in [1.82, 2.24) is 9.80 Å². The van der Waals surface area contributed by atoms with Crippen LogP contribution in [0.3, 0.4) is 0 Å². The molecular formula is C18H24N2O3. The molecule has 1 N–H and O–H groups in total. The van der Waals surface area contributed by atoms with Crippen molar-refractivity contribution in [1.29, 1.82) is 0 Å². The molecule has 23 heavy (non-hydrogen) atoms. The van der Waals surface area contributed by atoms with Crippen LogP contribution in [-0.2, 0) is 22.7 Å². The Morgan fingerprint density at radius 2 is 1.83 bits per heavy atom. The number of carboxylic acids is 1. The Morgan fingerprint density at radius 3 is 2.48 bits per heavy atom. The van der Waals surface area contributed by atoms with Crippen molar-refractivity contribution in [2.75, 3.05) is 13.1 Å². The average molecular weight is 316 g/mol. The van der Waals surface area contributed by atoms with Crippen molar-refractivity contribution >= 4 is 11.9 Å². The van der Waals surface area contributed by atoms with Crippen LogP contribution in [0.15, 0.2) is 24.3 Å². The lowest BCUT2D eigenvalue weighted by atomic mass is 9.98. The normalized spacial score (nSPS) is 21.2. The van der Waals surface area contributed by atoms with Crippen molar-refractivity contribution in [2.24, 2.45) is 0 Å². The highest BCUT2D eigenvalue weighted by Crippen LogP contribution is 2.24. The zero-order valence-corrected chi connectivity index (χ0v) is 13.4. The van der Waals surface area contributed by atoms with Gasteiger partial charge < -0.3 is 10.0 Å². The number of likely N-dealkylation sites (tertiary alicyclic amines) is 1. The Labute approximate surface area is 136 Å². The summed E-state index contributed by atoms with van der Waals surface area (Å²) in [5, 5.41) is 8.89. The van der Waals surface area contributed by atoms with E-state index in [2.05, 4.69) is 17.0 Å². The van der Waals surface area contributed by atoms with Crippen LogP contribution in [0.2, 0.25) is 0 Å². The third-order valence-electron chi connectivity index (χ3n) is 4.90. The molecule has 1 unspecified atom stereocenters. The van der Waals surface area contributed by atoms with Gasteiger partial charge in [-0.25, -0.2) is 0 Å². The van der Waals surface area contributed by atoms with Gasteiger partial charge in [0.2, 0.25) is 5.91 Å². The van der Waals surface area contributed by atoms with Gasteiger partial charge in [0.1, 0.15) is 0 Å². The van der Waals surface area contributed by atoms with Crippen LogP contribution in [0, 0.1) is 0 Å². The molecule has 2 aliphatic heterocycles. The highest BCUT2D eigenvalue weighted by molar-refractivity contribution is 5.79. The van der Waals surface area contributed by atoms with Crippen LogP contribution in [0.5, 0.6) is 0 Å². The third-order valence-corrected chi connectivity index (χ3v) is 4.90. The zero-order chi connectivity index (χ0) is 16.2. The molecule has 124 valence electrons. The molecule has 0 radical (unpaired) electrons. The molecule has 1 saturated heterocycles. The van der Waals surface area contributed by atoms with Gasteiger partial charge in [0.25, 0.3) is 0 Å². The van der Waals surface area contributed by atoms with Crippen molar-refractivity contribution in [2.45, 2.75) is 51.2 Å². The van der Waals surface area contributed by atoms with Crippen LogP contribution in [-0.4, -0.2) is 45.9 Å². The monoisotopic (exact) mass is 316 g/mol. The Kier molecular flexibility index (Phi) is 4.96. The summed E-state index contributed by atoms with van der Waals surface area (Å²) in [7, 11) is 0. The number of fused-ring (bicyclic) bond motifs is 1. The largest absolute Gasteiger partial charge is 0.481 e. The van der Waals surface area contributed by atoms with E-state index in [1.165, 1.54) is 11.1 Å². The molecule has 3 rings (SSSR count). The number of piperidine rings is 1. The Balaban J connectivity index is 1.57. The molecule has 1 fully saturated rings. The number of hydrogen-bond acceptors (Lipinski definition) is 3. The van der Waals surface area contributed by atoms with E-state index in [0.29, 0.717) is 13.0 Å². The van der Waals surface area contributed by atoms with Crippen molar-refractivity contribution in [3.8, 4) is 0 Å². The molecule has 5 heteroatoms. The number of carboxylic acid groups (broad SMARTS) is 1. The first-order valence-electron chi connectivity index (χ1n) is 8.44. The second kappa shape index (κ2) is 7.13. The molecule has 1 aromatic rings. The number of nitrogens with zero attached hydrogens (tertiary/aromatic N) is 2. The molecule has 1 amide bonds. The first-order valence-corrected chi connectivity index (χ1v) is 8.44. The molecule has 0 saturated carbocycles. The first kappa shape index (κ1) is 16.0. The average Bonchev–Trinajstić information content (AvgIpc) is 2.95. The number of carbonyl (C=O) groups is 2. The molecular weight excluding hydrogens is 292 g/mol. The van der Waals surface area contributed by atoms with Gasteiger partial charge in [-0.1, -0.05) is 24.3 Å². The van der Waals surface area contributed by atoms with Gasteiger partial charge in [-0.3, -0.25) is 14.5 Å². The number of rotatable bonds is 5. The van der Waals surface area contributed by atoms with Crippen LogP contribution in [0.4, 0.5) is 0 Å². The lowest BCUT2D eigenvalue weighted by Crippen LogP contribution is -2.47. The molecule has 1 atom stereocenters. The van der Waals surface area contributed by atoms with Gasteiger partial charge >= 0.3 is 5.97 Å². The maximum absolute atomic E-state index is 12.7. The number of hydrogen-bond donors (Lipinski definition) is 1. The topological polar surface area (TPSA) is 60.9 Å². The Hall–Kier alpha value is -1.88. The fourth-order valence-electron chi connectivity index (χ4n) is 3.72. The van der Waals surface area contributed by atoms with E-state index in [1.807, 2.05) is 17.0 Å². The van der Waals surface area contributed by atoms with E-state index >= 15 is 0 Å². The summed E-state index contributed by atoms with van der Waals surface area (Å²) in [6.45, 7) is 2.85. The molecule has 1 aromatic carbocycles. The fourth-order valence-corrected chi connectivity index (χ4v) is 3.72. The first-order chi connectivity index (χ1) is 11.1. The number of carbonyl (C=O) groups excluding carboxylic acids is 1. The van der Waals surface area contributed by atoms with E-state index < -0.39 is 5.97 Å². The molecule has 0 aromatic heterocycles.